The number of hydrogen-bond acceptors (Lipinski definition) is 7. The minimum atomic E-state index is -0.877. The van der Waals surface area contributed by atoms with E-state index >= 15 is 0 Å². The van der Waals surface area contributed by atoms with E-state index in [9.17, 15) is 18.4 Å². The Bertz CT molecular complexity index is 1440. The predicted octanol–water partition coefficient (Wildman–Crippen LogP) is 4.35. The molecule has 1 aliphatic heterocycles. The highest BCUT2D eigenvalue weighted by molar-refractivity contribution is 5.98. The molecule has 1 saturated heterocycles. The molecule has 0 unspecified atom stereocenters. The van der Waals surface area contributed by atoms with Gasteiger partial charge >= 0.3 is 5.97 Å². The highest BCUT2D eigenvalue weighted by Gasteiger charge is 2.27. The van der Waals surface area contributed by atoms with E-state index in [1.807, 2.05) is 47.4 Å². The SMILES string of the molecule is NC(=O)c1oc2c(F)cc(F)cc2c1CCCc1ccc(CN2CN(CC(=O)OCc3ccccc3)C2)o1. The molecule has 0 aliphatic carbocycles. The molecule has 0 spiro atoms. The first kappa shape index (κ1) is 25.6. The zero-order valence-corrected chi connectivity index (χ0v) is 20.6. The van der Waals surface area contributed by atoms with E-state index in [0.29, 0.717) is 50.8 Å². The van der Waals surface area contributed by atoms with Crippen molar-refractivity contribution in [2.75, 3.05) is 19.9 Å². The number of fused-ring (bicyclic) bond motifs is 1. The molecule has 0 saturated carbocycles. The maximum Gasteiger partial charge on any atom is 0.320 e. The molecule has 8 nitrogen and oxygen atoms in total. The number of carbonyl (C=O) groups excluding carboxylic acids is 2. The van der Waals surface area contributed by atoms with Gasteiger partial charge in [-0.3, -0.25) is 19.4 Å². The molecule has 3 heterocycles. The molecule has 5 rings (SSSR count). The van der Waals surface area contributed by atoms with Gasteiger partial charge in [0.2, 0.25) is 0 Å². The van der Waals surface area contributed by atoms with E-state index in [4.69, 9.17) is 19.3 Å². The van der Waals surface area contributed by atoms with E-state index < -0.39 is 17.5 Å². The number of aryl methyl sites for hydroxylation is 2. The number of nitrogens with zero attached hydrogens (tertiary/aromatic N) is 2. The number of esters is 1. The fourth-order valence-corrected chi connectivity index (χ4v) is 4.61. The number of amides is 1. The van der Waals surface area contributed by atoms with Gasteiger partial charge in [-0.1, -0.05) is 30.3 Å². The molecule has 2 aromatic heterocycles. The van der Waals surface area contributed by atoms with Crippen LogP contribution in [0.25, 0.3) is 11.0 Å². The fraction of sp³-hybridized carbons (Fsp3) is 0.286. The van der Waals surface area contributed by atoms with E-state index in [1.165, 1.54) is 0 Å². The molecule has 10 heteroatoms. The quantitative estimate of drug-likeness (QED) is 0.292. The number of ether oxygens (including phenoxy) is 1. The second-order valence-electron chi connectivity index (χ2n) is 9.35. The van der Waals surface area contributed by atoms with Crippen LogP contribution in [0.2, 0.25) is 0 Å². The van der Waals surface area contributed by atoms with Crippen LogP contribution in [0.4, 0.5) is 8.78 Å². The average Bonchev–Trinajstić information content (AvgIpc) is 3.47. The molecule has 38 heavy (non-hydrogen) atoms. The minimum Gasteiger partial charge on any atom is -0.465 e. The molecule has 198 valence electrons. The van der Waals surface area contributed by atoms with Crippen LogP contribution in [-0.4, -0.2) is 41.6 Å². The summed E-state index contributed by atoms with van der Waals surface area (Å²) in [7, 11) is 0. The second-order valence-corrected chi connectivity index (χ2v) is 9.35. The number of furan rings is 2. The standard InChI is InChI=1S/C28H27F2N3O5/c29-19-11-23-22(27(28(31)35)38-26(23)24(30)12-19)8-4-7-20-9-10-21(37-20)13-32-16-33(17-32)14-25(34)36-15-18-5-2-1-3-6-18/h1-3,5-6,9-12H,4,7-8,13-17H2,(H2,31,35). The van der Waals surface area contributed by atoms with Gasteiger partial charge in [-0.2, -0.15) is 0 Å². The van der Waals surface area contributed by atoms with Gasteiger partial charge in [-0.25, -0.2) is 8.78 Å². The van der Waals surface area contributed by atoms with Gasteiger partial charge in [-0.05, 0) is 36.6 Å². The van der Waals surface area contributed by atoms with Crippen LogP contribution in [0.15, 0.2) is 63.4 Å². The van der Waals surface area contributed by atoms with Gasteiger partial charge in [-0.15, -0.1) is 0 Å². The van der Waals surface area contributed by atoms with Crippen molar-refractivity contribution >= 4 is 22.8 Å². The summed E-state index contributed by atoms with van der Waals surface area (Å²) in [6.45, 7) is 2.36. The normalized spacial score (nSPS) is 14.1. The van der Waals surface area contributed by atoms with Crippen molar-refractivity contribution in [1.82, 2.24) is 9.80 Å². The van der Waals surface area contributed by atoms with Gasteiger partial charge in [0, 0.05) is 23.4 Å². The molecular weight excluding hydrogens is 496 g/mol. The van der Waals surface area contributed by atoms with Crippen LogP contribution in [0.5, 0.6) is 0 Å². The van der Waals surface area contributed by atoms with Crippen molar-refractivity contribution in [2.24, 2.45) is 5.73 Å². The van der Waals surface area contributed by atoms with E-state index in [1.54, 1.807) is 0 Å². The van der Waals surface area contributed by atoms with E-state index in [-0.39, 0.29) is 35.9 Å². The van der Waals surface area contributed by atoms with Crippen LogP contribution in [0.1, 0.15) is 39.6 Å². The van der Waals surface area contributed by atoms with Crippen molar-refractivity contribution in [1.29, 1.82) is 0 Å². The fourth-order valence-electron chi connectivity index (χ4n) is 4.61. The van der Waals surface area contributed by atoms with E-state index in [2.05, 4.69) is 4.90 Å². The highest BCUT2D eigenvalue weighted by atomic mass is 19.1. The van der Waals surface area contributed by atoms with E-state index in [0.717, 1.165) is 23.2 Å². The van der Waals surface area contributed by atoms with Crippen LogP contribution in [-0.2, 0) is 35.5 Å². The highest BCUT2D eigenvalue weighted by Crippen LogP contribution is 2.30. The third-order valence-electron chi connectivity index (χ3n) is 6.38. The van der Waals surface area contributed by atoms with Gasteiger partial charge < -0.3 is 19.3 Å². The average molecular weight is 524 g/mol. The van der Waals surface area contributed by atoms with Gasteiger partial charge in [0.1, 0.15) is 23.9 Å². The molecule has 0 bridgehead atoms. The summed E-state index contributed by atoms with van der Waals surface area (Å²) in [6.07, 6.45) is 1.45. The lowest BCUT2D eigenvalue weighted by atomic mass is 10.0. The first-order valence-corrected chi connectivity index (χ1v) is 12.3. The predicted molar refractivity (Wildman–Crippen MR) is 134 cm³/mol. The van der Waals surface area contributed by atoms with Crippen molar-refractivity contribution in [3.63, 3.8) is 0 Å². The Morgan fingerprint density at radius 2 is 1.71 bits per heavy atom. The molecule has 1 fully saturated rings. The Labute approximate surface area is 217 Å². The second kappa shape index (κ2) is 11.2. The van der Waals surface area contributed by atoms with Gasteiger partial charge in [0.15, 0.2) is 17.2 Å². The van der Waals surface area contributed by atoms with Crippen LogP contribution < -0.4 is 5.73 Å². The molecule has 2 aromatic carbocycles. The monoisotopic (exact) mass is 523 g/mol. The number of carbonyl (C=O) groups is 2. The number of nitrogens with two attached hydrogens (primary N) is 1. The maximum absolute atomic E-state index is 14.1. The Morgan fingerprint density at radius 3 is 2.47 bits per heavy atom. The summed E-state index contributed by atoms with van der Waals surface area (Å²) in [5, 5.41) is 0.211. The number of rotatable bonds is 11. The Hall–Kier alpha value is -4.02. The van der Waals surface area contributed by atoms with Crippen molar-refractivity contribution < 1.29 is 31.9 Å². The summed E-state index contributed by atoms with van der Waals surface area (Å²) in [5.74, 6) is -1.32. The third kappa shape index (κ3) is 5.92. The smallest absolute Gasteiger partial charge is 0.320 e. The Balaban J connectivity index is 1.07. The summed E-state index contributed by atoms with van der Waals surface area (Å²) in [5.41, 5.74) is 6.56. The van der Waals surface area contributed by atoms with Crippen molar-refractivity contribution in [3.05, 3.63) is 94.6 Å². The van der Waals surface area contributed by atoms with Crippen LogP contribution in [0.3, 0.4) is 0 Å². The maximum atomic E-state index is 14.1. The number of benzene rings is 2. The first-order valence-electron chi connectivity index (χ1n) is 12.3. The zero-order chi connectivity index (χ0) is 26.6. The molecular formula is C28H27F2N3O5. The number of primary amides is 1. The molecule has 2 N–H and O–H groups in total. The minimum absolute atomic E-state index is 0.157. The molecule has 0 radical (unpaired) electrons. The summed E-state index contributed by atoms with van der Waals surface area (Å²) >= 11 is 0. The molecule has 1 aliphatic rings. The Morgan fingerprint density at radius 1 is 0.947 bits per heavy atom. The number of halogens is 2. The zero-order valence-electron chi connectivity index (χ0n) is 20.6. The largest absolute Gasteiger partial charge is 0.465 e. The lowest BCUT2D eigenvalue weighted by Gasteiger charge is -2.41. The Kier molecular flexibility index (Phi) is 7.52. The number of hydrogen-bond donors (Lipinski definition) is 1. The topological polar surface area (TPSA) is 102 Å². The van der Waals surface area contributed by atoms with Crippen molar-refractivity contribution in [3.8, 4) is 0 Å². The van der Waals surface area contributed by atoms with Crippen LogP contribution in [0, 0.1) is 11.6 Å². The first-order chi connectivity index (χ1) is 18.4. The molecule has 4 aromatic rings. The third-order valence-corrected chi connectivity index (χ3v) is 6.38. The van der Waals surface area contributed by atoms with Crippen molar-refractivity contribution in [2.45, 2.75) is 32.4 Å². The summed E-state index contributed by atoms with van der Waals surface area (Å²) in [6, 6.07) is 15.2. The molecule has 1 amide bonds. The van der Waals surface area contributed by atoms with Gasteiger partial charge in [0.25, 0.3) is 5.91 Å². The molecule has 0 atom stereocenters. The lowest BCUT2D eigenvalue weighted by molar-refractivity contribution is -0.151. The lowest BCUT2D eigenvalue weighted by Crippen LogP contribution is -2.55. The van der Waals surface area contributed by atoms with Gasteiger partial charge in [0.05, 0.1) is 26.4 Å². The summed E-state index contributed by atoms with van der Waals surface area (Å²) in [4.78, 5) is 28.0. The van der Waals surface area contributed by atoms with Crippen LogP contribution >= 0.6 is 0 Å². The summed E-state index contributed by atoms with van der Waals surface area (Å²) < 4.78 is 44.4.